The fourth-order valence-electron chi connectivity index (χ4n) is 2.89. The number of rotatable bonds is 6. The van der Waals surface area contributed by atoms with E-state index in [1.807, 2.05) is 12.1 Å². The van der Waals surface area contributed by atoms with Crippen molar-refractivity contribution in [2.75, 3.05) is 29.4 Å². The molecule has 2 rings (SSSR count). The minimum atomic E-state index is -3.26. The zero-order valence-corrected chi connectivity index (χ0v) is 13.2. The molecule has 3 N–H and O–H groups in total. The van der Waals surface area contributed by atoms with E-state index < -0.39 is 10.0 Å². The van der Waals surface area contributed by atoms with Crippen LogP contribution < -0.4 is 10.0 Å². The number of nitrogens with one attached hydrogen (secondary N) is 2. The van der Waals surface area contributed by atoms with Gasteiger partial charge in [-0.25, -0.2) is 8.42 Å². The number of anilines is 2. The third kappa shape index (κ3) is 4.89. The highest BCUT2D eigenvalue weighted by Gasteiger charge is 2.31. The number of aliphatic hydroxyl groups is 1. The first-order valence-electron chi connectivity index (χ1n) is 7.35. The molecule has 1 saturated carbocycles. The molecule has 0 aliphatic heterocycles. The molecule has 118 valence electrons. The maximum Gasteiger partial charge on any atom is 0.229 e. The van der Waals surface area contributed by atoms with Gasteiger partial charge in [-0.05, 0) is 31.0 Å². The van der Waals surface area contributed by atoms with Gasteiger partial charge in [0, 0.05) is 17.6 Å². The van der Waals surface area contributed by atoms with E-state index in [1.165, 1.54) is 6.42 Å². The first kappa shape index (κ1) is 16.1. The van der Waals surface area contributed by atoms with Crippen LogP contribution in [0.2, 0.25) is 0 Å². The molecular formula is C15H24N2O3S. The van der Waals surface area contributed by atoms with Crippen LogP contribution in [0.3, 0.4) is 0 Å². The zero-order chi connectivity index (χ0) is 15.3. The van der Waals surface area contributed by atoms with Gasteiger partial charge in [0.05, 0.1) is 18.6 Å². The second-order valence-corrected chi connectivity index (χ2v) is 7.78. The van der Waals surface area contributed by atoms with Crippen molar-refractivity contribution >= 4 is 21.4 Å². The molecule has 0 atom stereocenters. The molecule has 0 bridgehead atoms. The van der Waals surface area contributed by atoms with Crippen LogP contribution in [0.4, 0.5) is 11.4 Å². The quantitative estimate of drug-likeness (QED) is 0.754. The normalized spacial score (nSPS) is 18.2. The maximum absolute atomic E-state index is 11.2. The Hall–Kier alpha value is -1.27. The van der Waals surface area contributed by atoms with Crippen LogP contribution in [0, 0.1) is 5.41 Å². The second kappa shape index (κ2) is 6.66. The van der Waals surface area contributed by atoms with E-state index in [2.05, 4.69) is 10.0 Å². The van der Waals surface area contributed by atoms with Crippen molar-refractivity contribution in [1.29, 1.82) is 0 Å². The molecule has 0 radical (unpaired) electrons. The van der Waals surface area contributed by atoms with Crippen LogP contribution in [0.1, 0.15) is 32.1 Å². The van der Waals surface area contributed by atoms with Gasteiger partial charge in [-0.1, -0.05) is 25.3 Å². The summed E-state index contributed by atoms with van der Waals surface area (Å²) in [5, 5.41) is 13.0. The smallest absolute Gasteiger partial charge is 0.229 e. The SMILES string of the molecule is CS(=O)(=O)Nc1cccc(NCC2(CO)CCCCC2)c1. The Morgan fingerprint density at radius 1 is 1.19 bits per heavy atom. The van der Waals surface area contributed by atoms with E-state index in [1.54, 1.807) is 12.1 Å². The van der Waals surface area contributed by atoms with Crippen molar-refractivity contribution < 1.29 is 13.5 Å². The fraction of sp³-hybridized carbons (Fsp3) is 0.600. The first-order valence-corrected chi connectivity index (χ1v) is 9.24. The number of hydrogen-bond acceptors (Lipinski definition) is 4. The Labute approximate surface area is 126 Å². The number of hydrogen-bond donors (Lipinski definition) is 3. The largest absolute Gasteiger partial charge is 0.396 e. The summed E-state index contributed by atoms with van der Waals surface area (Å²) in [6.45, 7) is 0.910. The molecule has 0 amide bonds. The van der Waals surface area contributed by atoms with Crippen molar-refractivity contribution in [2.45, 2.75) is 32.1 Å². The molecule has 6 heteroatoms. The summed E-state index contributed by atoms with van der Waals surface area (Å²) in [4.78, 5) is 0. The molecule has 1 aromatic rings. The lowest BCUT2D eigenvalue weighted by molar-refractivity contribution is 0.0944. The Kier molecular flexibility index (Phi) is 5.11. The molecule has 21 heavy (non-hydrogen) atoms. The Morgan fingerprint density at radius 3 is 2.48 bits per heavy atom. The van der Waals surface area contributed by atoms with Crippen LogP contribution in [0.25, 0.3) is 0 Å². The Morgan fingerprint density at radius 2 is 1.86 bits per heavy atom. The summed E-state index contributed by atoms with van der Waals surface area (Å²) in [6, 6.07) is 7.20. The fourth-order valence-corrected chi connectivity index (χ4v) is 3.44. The van der Waals surface area contributed by atoms with Gasteiger partial charge in [0.1, 0.15) is 0 Å². The van der Waals surface area contributed by atoms with Gasteiger partial charge in [-0.15, -0.1) is 0 Å². The highest BCUT2D eigenvalue weighted by Crippen LogP contribution is 2.36. The molecule has 0 saturated heterocycles. The molecule has 0 heterocycles. The van der Waals surface area contributed by atoms with E-state index in [-0.39, 0.29) is 12.0 Å². The monoisotopic (exact) mass is 312 g/mol. The van der Waals surface area contributed by atoms with Gasteiger partial charge in [-0.2, -0.15) is 0 Å². The summed E-state index contributed by atoms with van der Waals surface area (Å²) >= 11 is 0. The second-order valence-electron chi connectivity index (χ2n) is 6.03. The average molecular weight is 312 g/mol. The minimum Gasteiger partial charge on any atom is -0.396 e. The summed E-state index contributed by atoms with van der Waals surface area (Å²) in [6.07, 6.45) is 6.79. The standard InChI is InChI=1S/C15H24N2O3S/c1-21(19,20)17-14-7-5-6-13(10-14)16-11-15(12-18)8-3-2-4-9-15/h5-7,10,16-18H,2-4,8-9,11-12H2,1H3. The molecule has 1 aliphatic rings. The molecular weight excluding hydrogens is 288 g/mol. The third-order valence-electron chi connectivity index (χ3n) is 4.08. The van der Waals surface area contributed by atoms with Crippen molar-refractivity contribution in [3.05, 3.63) is 24.3 Å². The average Bonchev–Trinajstić information content (AvgIpc) is 2.45. The predicted octanol–water partition coefficient (Wildman–Crippen LogP) is 2.41. The summed E-state index contributed by atoms with van der Waals surface area (Å²) in [5.41, 5.74) is 1.37. The molecule has 1 aliphatic carbocycles. The molecule has 1 aromatic carbocycles. The lowest BCUT2D eigenvalue weighted by atomic mass is 9.74. The summed E-state index contributed by atoms with van der Waals surface area (Å²) in [7, 11) is -3.26. The maximum atomic E-state index is 11.2. The molecule has 1 fully saturated rings. The van der Waals surface area contributed by atoms with Gasteiger partial charge in [-0.3, -0.25) is 4.72 Å². The van der Waals surface area contributed by atoms with Crippen molar-refractivity contribution in [2.24, 2.45) is 5.41 Å². The van der Waals surface area contributed by atoms with Gasteiger partial charge in [0.2, 0.25) is 10.0 Å². The first-order chi connectivity index (χ1) is 9.92. The highest BCUT2D eigenvalue weighted by molar-refractivity contribution is 7.92. The van der Waals surface area contributed by atoms with E-state index in [0.717, 1.165) is 37.6 Å². The van der Waals surface area contributed by atoms with Crippen molar-refractivity contribution in [3.8, 4) is 0 Å². The van der Waals surface area contributed by atoms with E-state index >= 15 is 0 Å². The molecule has 0 spiro atoms. The van der Waals surface area contributed by atoms with Crippen LogP contribution in [-0.4, -0.2) is 32.9 Å². The lowest BCUT2D eigenvalue weighted by Crippen LogP contribution is -2.35. The van der Waals surface area contributed by atoms with Crippen LogP contribution in [-0.2, 0) is 10.0 Å². The third-order valence-corrected chi connectivity index (χ3v) is 4.69. The topological polar surface area (TPSA) is 78.4 Å². The van der Waals surface area contributed by atoms with E-state index in [0.29, 0.717) is 12.2 Å². The van der Waals surface area contributed by atoms with Gasteiger partial charge in [0.25, 0.3) is 0 Å². The summed E-state index contributed by atoms with van der Waals surface area (Å²) < 4.78 is 25.0. The summed E-state index contributed by atoms with van der Waals surface area (Å²) in [5.74, 6) is 0. The van der Waals surface area contributed by atoms with Gasteiger partial charge >= 0.3 is 0 Å². The molecule has 5 nitrogen and oxygen atoms in total. The van der Waals surface area contributed by atoms with Crippen LogP contribution in [0.15, 0.2) is 24.3 Å². The number of sulfonamides is 1. The van der Waals surface area contributed by atoms with E-state index in [4.69, 9.17) is 0 Å². The zero-order valence-electron chi connectivity index (χ0n) is 12.4. The Bertz CT molecular complexity index is 566. The van der Waals surface area contributed by atoms with Crippen LogP contribution in [0.5, 0.6) is 0 Å². The number of aliphatic hydroxyl groups excluding tert-OH is 1. The van der Waals surface area contributed by atoms with E-state index in [9.17, 15) is 13.5 Å². The predicted molar refractivity (Wildman–Crippen MR) is 86.0 cm³/mol. The Balaban J connectivity index is 2.01. The minimum absolute atomic E-state index is 0.0431. The number of benzene rings is 1. The van der Waals surface area contributed by atoms with Crippen LogP contribution >= 0.6 is 0 Å². The van der Waals surface area contributed by atoms with Gasteiger partial charge < -0.3 is 10.4 Å². The molecule has 0 unspecified atom stereocenters. The molecule has 0 aromatic heterocycles. The highest BCUT2D eigenvalue weighted by atomic mass is 32.2. The lowest BCUT2D eigenvalue weighted by Gasteiger charge is -2.36. The van der Waals surface area contributed by atoms with Crippen molar-refractivity contribution in [3.63, 3.8) is 0 Å². The van der Waals surface area contributed by atoms with Crippen molar-refractivity contribution in [1.82, 2.24) is 0 Å². The van der Waals surface area contributed by atoms with Gasteiger partial charge in [0.15, 0.2) is 0 Å².